The summed E-state index contributed by atoms with van der Waals surface area (Å²) in [5, 5.41) is 4.25. The van der Waals surface area contributed by atoms with Gasteiger partial charge in [0.15, 0.2) is 6.61 Å². The summed E-state index contributed by atoms with van der Waals surface area (Å²) in [6.07, 6.45) is 8.85. The van der Waals surface area contributed by atoms with Gasteiger partial charge in [-0.2, -0.15) is 0 Å². The Hall–Kier alpha value is -1.10. The average molecular weight is 397 g/mol. The molecule has 0 aromatic rings. The first-order valence-electron chi connectivity index (χ1n) is 11.5. The van der Waals surface area contributed by atoms with Gasteiger partial charge in [-0.1, -0.05) is 59.0 Å². The van der Waals surface area contributed by atoms with Crippen LogP contribution in [-0.4, -0.2) is 48.9 Å². The van der Waals surface area contributed by atoms with Crippen LogP contribution in [0.2, 0.25) is 0 Å². The zero-order valence-corrected chi connectivity index (χ0v) is 19.2. The van der Waals surface area contributed by atoms with Gasteiger partial charge in [-0.15, -0.1) is 0 Å². The lowest BCUT2D eigenvalue weighted by Crippen LogP contribution is -2.43. The molecule has 164 valence electrons. The molecule has 0 radical (unpaired) electrons. The number of ether oxygens (including phenoxy) is 1. The van der Waals surface area contributed by atoms with Crippen LogP contribution >= 0.6 is 0 Å². The normalized spacial score (nSPS) is 22.2. The van der Waals surface area contributed by atoms with E-state index >= 15 is 0 Å². The average Bonchev–Trinajstić information content (AvgIpc) is 2.69. The van der Waals surface area contributed by atoms with Crippen molar-refractivity contribution in [3.63, 3.8) is 0 Å². The van der Waals surface area contributed by atoms with Crippen LogP contribution in [0.15, 0.2) is 5.16 Å². The topological polar surface area (TPSA) is 51.1 Å². The van der Waals surface area contributed by atoms with Crippen molar-refractivity contribution in [2.45, 2.75) is 92.6 Å². The van der Waals surface area contributed by atoms with Crippen molar-refractivity contribution in [3.05, 3.63) is 0 Å². The summed E-state index contributed by atoms with van der Waals surface area (Å²) in [5.41, 5.74) is 0. The monoisotopic (exact) mass is 396 g/mol. The maximum absolute atomic E-state index is 10.1. The fraction of sp³-hybridized carbons (Fsp3) is 0.913. The van der Waals surface area contributed by atoms with Crippen LogP contribution in [0.5, 0.6) is 0 Å². The molecule has 0 aromatic carbocycles. The number of piperidine rings is 1. The van der Waals surface area contributed by atoms with Crippen LogP contribution in [-0.2, 0) is 14.4 Å². The van der Waals surface area contributed by atoms with Gasteiger partial charge in [-0.3, -0.25) is 9.69 Å². The van der Waals surface area contributed by atoms with E-state index in [1.807, 2.05) is 13.8 Å². The Bertz CT molecular complexity index is 459. The molecular weight excluding hydrogens is 352 g/mol. The van der Waals surface area contributed by atoms with Crippen LogP contribution < -0.4 is 0 Å². The minimum absolute atomic E-state index is 0.155. The van der Waals surface area contributed by atoms with Gasteiger partial charge in [0.05, 0.1) is 0 Å². The van der Waals surface area contributed by atoms with E-state index in [0.29, 0.717) is 18.4 Å². The van der Waals surface area contributed by atoms with E-state index < -0.39 is 0 Å². The third-order valence-corrected chi connectivity index (χ3v) is 5.80. The number of hydrogen-bond donors (Lipinski definition) is 0. The van der Waals surface area contributed by atoms with E-state index in [9.17, 15) is 4.79 Å². The number of oxime groups is 1. The van der Waals surface area contributed by atoms with Crippen LogP contribution in [0.25, 0.3) is 0 Å². The SMILES string of the molecule is CC(=O)C(C)C.CCCC(CC(C)CC)C1=NOCC(CN2CCCCC2)O1. The number of nitrogens with zero attached hydrogens (tertiary/aromatic N) is 2. The largest absolute Gasteiger partial charge is 0.470 e. The Balaban J connectivity index is 0.000000568. The molecule has 0 bridgehead atoms. The summed E-state index contributed by atoms with van der Waals surface area (Å²) in [5.74, 6) is 2.46. The fourth-order valence-electron chi connectivity index (χ4n) is 3.44. The first kappa shape index (κ1) is 24.9. The molecule has 3 atom stereocenters. The molecule has 2 rings (SSSR count). The number of carbonyl (C=O) groups is 1. The molecule has 2 aliphatic rings. The molecule has 5 heteroatoms. The van der Waals surface area contributed by atoms with E-state index in [-0.39, 0.29) is 17.8 Å². The number of rotatable bonds is 9. The molecule has 2 aliphatic heterocycles. The quantitative estimate of drug-likeness (QED) is 0.532. The minimum Gasteiger partial charge on any atom is -0.470 e. The number of Topliss-reactive ketones (excluding diaryl/α,β-unsaturated/α-hetero) is 1. The fourth-order valence-corrected chi connectivity index (χ4v) is 3.44. The highest BCUT2D eigenvalue weighted by molar-refractivity contribution is 5.78. The molecule has 0 N–H and O–H groups in total. The Morgan fingerprint density at radius 3 is 2.36 bits per heavy atom. The Morgan fingerprint density at radius 1 is 1.18 bits per heavy atom. The molecule has 3 unspecified atom stereocenters. The van der Waals surface area contributed by atoms with Crippen molar-refractivity contribution in [2.75, 3.05) is 26.2 Å². The summed E-state index contributed by atoms with van der Waals surface area (Å²) in [6.45, 7) is 16.2. The van der Waals surface area contributed by atoms with E-state index in [2.05, 4.69) is 30.8 Å². The van der Waals surface area contributed by atoms with Gasteiger partial charge in [0, 0.05) is 18.4 Å². The zero-order chi connectivity index (χ0) is 20.9. The summed E-state index contributed by atoms with van der Waals surface area (Å²) >= 11 is 0. The molecule has 0 aliphatic carbocycles. The molecular formula is C23H44N2O3. The predicted molar refractivity (Wildman–Crippen MR) is 117 cm³/mol. The highest BCUT2D eigenvalue weighted by atomic mass is 16.7. The van der Waals surface area contributed by atoms with Gasteiger partial charge < -0.3 is 9.57 Å². The number of likely N-dealkylation sites (tertiary alicyclic amines) is 1. The van der Waals surface area contributed by atoms with Gasteiger partial charge in [0.25, 0.3) is 0 Å². The minimum atomic E-state index is 0.155. The van der Waals surface area contributed by atoms with Crippen molar-refractivity contribution in [1.29, 1.82) is 0 Å². The molecule has 5 nitrogen and oxygen atoms in total. The standard InChI is InChI=1S/C18H34N2O2.C5H10O/c1-4-9-16(12-15(3)5-2)18-19-21-14-17(22-18)13-20-10-7-6-8-11-20;1-4(2)5(3)6/h15-17H,4-14H2,1-3H3;4H,1-3H3. The Labute approximate surface area is 173 Å². The van der Waals surface area contributed by atoms with E-state index in [1.54, 1.807) is 6.92 Å². The van der Waals surface area contributed by atoms with Crippen molar-refractivity contribution in [1.82, 2.24) is 4.90 Å². The first-order valence-corrected chi connectivity index (χ1v) is 11.5. The smallest absolute Gasteiger partial charge is 0.229 e. The maximum atomic E-state index is 10.1. The first-order chi connectivity index (χ1) is 13.4. The highest BCUT2D eigenvalue weighted by Crippen LogP contribution is 2.24. The lowest BCUT2D eigenvalue weighted by Gasteiger charge is -2.33. The maximum Gasteiger partial charge on any atom is 0.229 e. The molecule has 0 aromatic heterocycles. The number of ketones is 1. The summed E-state index contributed by atoms with van der Waals surface area (Å²) in [6, 6.07) is 0. The molecule has 1 fully saturated rings. The van der Waals surface area contributed by atoms with Gasteiger partial charge >= 0.3 is 0 Å². The molecule has 0 spiro atoms. The van der Waals surface area contributed by atoms with Gasteiger partial charge in [0.1, 0.15) is 11.9 Å². The van der Waals surface area contributed by atoms with Crippen LogP contribution in [0, 0.1) is 17.8 Å². The number of hydrogen-bond acceptors (Lipinski definition) is 5. The second-order valence-electron chi connectivity index (χ2n) is 8.83. The molecule has 0 saturated carbocycles. The third kappa shape index (κ3) is 9.90. The van der Waals surface area contributed by atoms with E-state index in [0.717, 1.165) is 25.3 Å². The molecule has 0 amide bonds. The van der Waals surface area contributed by atoms with E-state index in [1.165, 1.54) is 45.2 Å². The molecule has 28 heavy (non-hydrogen) atoms. The van der Waals surface area contributed by atoms with Crippen molar-refractivity contribution in [2.24, 2.45) is 22.9 Å². The second kappa shape index (κ2) is 14.0. The molecule has 2 heterocycles. The molecule has 1 saturated heterocycles. The summed E-state index contributed by atoms with van der Waals surface area (Å²) < 4.78 is 6.23. The highest BCUT2D eigenvalue weighted by Gasteiger charge is 2.28. The van der Waals surface area contributed by atoms with Crippen molar-refractivity contribution >= 4 is 11.7 Å². The second-order valence-corrected chi connectivity index (χ2v) is 8.83. The van der Waals surface area contributed by atoms with Crippen molar-refractivity contribution < 1.29 is 14.4 Å². The summed E-state index contributed by atoms with van der Waals surface area (Å²) in [7, 11) is 0. The zero-order valence-electron chi connectivity index (χ0n) is 19.2. The van der Waals surface area contributed by atoms with Gasteiger partial charge in [-0.25, -0.2) is 0 Å². The predicted octanol–water partition coefficient (Wildman–Crippen LogP) is 5.29. The van der Waals surface area contributed by atoms with Crippen molar-refractivity contribution in [3.8, 4) is 0 Å². The van der Waals surface area contributed by atoms with E-state index in [4.69, 9.17) is 9.57 Å². The Kier molecular flexibility index (Phi) is 12.4. The van der Waals surface area contributed by atoms with Crippen LogP contribution in [0.1, 0.15) is 86.5 Å². The summed E-state index contributed by atoms with van der Waals surface area (Å²) in [4.78, 5) is 18.2. The third-order valence-electron chi connectivity index (χ3n) is 5.80. The van der Waals surface area contributed by atoms with Gasteiger partial charge in [-0.05, 0) is 51.6 Å². The Morgan fingerprint density at radius 2 is 1.82 bits per heavy atom. The number of carbonyl (C=O) groups excluding carboxylic acids is 1. The van der Waals surface area contributed by atoms with Crippen LogP contribution in [0.4, 0.5) is 0 Å². The van der Waals surface area contributed by atoms with Crippen LogP contribution in [0.3, 0.4) is 0 Å². The lowest BCUT2D eigenvalue weighted by atomic mass is 9.90. The van der Waals surface area contributed by atoms with Gasteiger partial charge in [0.2, 0.25) is 5.90 Å². The lowest BCUT2D eigenvalue weighted by molar-refractivity contribution is -0.119.